The van der Waals surface area contributed by atoms with Crippen LogP contribution in [0.25, 0.3) is 0 Å². The third kappa shape index (κ3) is 6.00. The van der Waals surface area contributed by atoms with Crippen LogP contribution in [-0.4, -0.2) is 49.7 Å². The molecule has 0 rings (SSSR count). The minimum atomic E-state index is -0.800. The number of carbonyl (C=O) groups is 2. The normalized spacial score (nSPS) is 10.8. The second-order valence-corrected chi connectivity index (χ2v) is 3.87. The van der Waals surface area contributed by atoms with Crippen LogP contribution in [-0.2, 0) is 19.1 Å². The Labute approximate surface area is 109 Å². The fraction of sp³-hybridized carbons (Fsp3) is 0.846. The molecule has 0 aromatic heterocycles. The zero-order valence-corrected chi connectivity index (χ0v) is 11.9. The van der Waals surface area contributed by atoms with Gasteiger partial charge < -0.3 is 14.4 Å². The van der Waals surface area contributed by atoms with Gasteiger partial charge >= 0.3 is 11.9 Å². The first-order valence-electron chi connectivity index (χ1n) is 6.66. The summed E-state index contributed by atoms with van der Waals surface area (Å²) in [6, 6.07) is 0. The summed E-state index contributed by atoms with van der Waals surface area (Å²) in [4.78, 5) is 25.6. The van der Waals surface area contributed by atoms with Gasteiger partial charge in [0, 0.05) is 0 Å². The molecule has 0 unspecified atom stereocenters. The molecule has 0 aliphatic rings. The van der Waals surface area contributed by atoms with Gasteiger partial charge in [-0.3, -0.25) is 9.59 Å². The number of rotatable bonds is 9. The lowest BCUT2D eigenvalue weighted by atomic mass is 10.1. The number of ether oxygens (including phenoxy) is 2. The summed E-state index contributed by atoms with van der Waals surface area (Å²) < 4.78 is 9.83. The molecule has 0 aromatic rings. The van der Waals surface area contributed by atoms with Crippen molar-refractivity contribution in [1.29, 1.82) is 0 Å². The summed E-state index contributed by atoms with van der Waals surface area (Å²) in [6.07, 6.45) is 0.444. The van der Waals surface area contributed by atoms with Crippen LogP contribution in [0.5, 0.6) is 0 Å². The molecular formula is C13H25NO4. The average molecular weight is 259 g/mol. The van der Waals surface area contributed by atoms with Crippen LogP contribution in [0.2, 0.25) is 0 Å². The molecule has 0 bridgehead atoms. The van der Waals surface area contributed by atoms with Crippen molar-refractivity contribution in [2.75, 3.05) is 32.8 Å². The molecule has 5 heteroatoms. The van der Waals surface area contributed by atoms with E-state index in [-0.39, 0.29) is 13.2 Å². The number of carbonyl (C=O) groups excluding carboxylic acids is 2. The van der Waals surface area contributed by atoms with Crippen molar-refractivity contribution in [2.45, 2.75) is 34.1 Å². The molecule has 0 spiro atoms. The third-order valence-electron chi connectivity index (χ3n) is 2.77. The molecule has 0 aliphatic carbocycles. The highest BCUT2D eigenvalue weighted by atomic mass is 16.6. The van der Waals surface area contributed by atoms with Crippen LogP contribution in [0.1, 0.15) is 34.1 Å². The molecule has 0 heterocycles. The van der Waals surface area contributed by atoms with E-state index in [0.29, 0.717) is 13.0 Å². The second kappa shape index (κ2) is 9.88. The van der Waals surface area contributed by atoms with E-state index < -0.39 is 17.9 Å². The van der Waals surface area contributed by atoms with Crippen LogP contribution in [0.4, 0.5) is 0 Å². The number of esters is 2. The standard InChI is InChI=1S/C13H25NO4/c1-5-14(6-2)10-9-11(12(15)17-7-3)13(16)18-8-4/h11H,5-10H2,1-4H3. The Morgan fingerprint density at radius 2 is 1.39 bits per heavy atom. The molecule has 0 radical (unpaired) electrons. The lowest BCUT2D eigenvalue weighted by Gasteiger charge is -2.20. The quantitative estimate of drug-likeness (QED) is 0.463. The maximum Gasteiger partial charge on any atom is 0.320 e. The van der Waals surface area contributed by atoms with Crippen molar-refractivity contribution >= 4 is 11.9 Å². The summed E-state index contributed by atoms with van der Waals surface area (Å²) in [5.74, 6) is -1.77. The lowest BCUT2D eigenvalue weighted by molar-refractivity contribution is -0.162. The topological polar surface area (TPSA) is 55.8 Å². The van der Waals surface area contributed by atoms with Crippen LogP contribution in [0.3, 0.4) is 0 Å². The van der Waals surface area contributed by atoms with Gasteiger partial charge in [-0.1, -0.05) is 13.8 Å². The van der Waals surface area contributed by atoms with Crippen molar-refractivity contribution < 1.29 is 19.1 Å². The van der Waals surface area contributed by atoms with E-state index in [4.69, 9.17) is 9.47 Å². The van der Waals surface area contributed by atoms with Gasteiger partial charge in [-0.2, -0.15) is 0 Å². The highest BCUT2D eigenvalue weighted by Gasteiger charge is 2.29. The van der Waals surface area contributed by atoms with E-state index in [2.05, 4.69) is 4.90 Å². The number of nitrogens with zero attached hydrogens (tertiary/aromatic N) is 1. The van der Waals surface area contributed by atoms with Crippen LogP contribution >= 0.6 is 0 Å². The van der Waals surface area contributed by atoms with Gasteiger partial charge in [0.25, 0.3) is 0 Å². The van der Waals surface area contributed by atoms with E-state index in [1.807, 2.05) is 13.8 Å². The predicted octanol–water partition coefficient (Wildman–Crippen LogP) is 1.46. The van der Waals surface area contributed by atoms with Gasteiger partial charge in [0.1, 0.15) is 0 Å². The molecule has 0 amide bonds. The largest absolute Gasteiger partial charge is 0.465 e. The molecule has 0 saturated heterocycles. The Morgan fingerprint density at radius 3 is 1.72 bits per heavy atom. The van der Waals surface area contributed by atoms with Gasteiger partial charge in [0.15, 0.2) is 5.92 Å². The van der Waals surface area contributed by atoms with Crippen molar-refractivity contribution in [3.8, 4) is 0 Å². The summed E-state index contributed by atoms with van der Waals surface area (Å²) in [5, 5.41) is 0. The fourth-order valence-electron chi connectivity index (χ4n) is 1.67. The molecule has 18 heavy (non-hydrogen) atoms. The highest BCUT2D eigenvalue weighted by molar-refractivity contribution is 5.94. The fourth-order valence-corrected chi connectivity index (χ4v) is 1.67. The van der Waals surface area contributed by atoms with Gasteiger partial charge in [-0.25, -0.2) is 0 Å². The Kier molecular flexibility index (Phi) is 9.28. The predicted molar refractivity (Wildman–Crippen MR) is 69.2 cm³/mol. The Bertz CT molecular complexity index is 233. The maximum atomic E-state index is 11.7. The first-order chi connectivity index (χ1) is 8.60. The Morgan fingerprint density at radius 1 is 0.944 bits per heavy atom. The van der Waals surface area contributed by atoms with Crippen molar-refractivity contribution in [1.82, 2.24) is 4.90 Å². The summed E-state index contributed by atoms with van der Waals surface area (Å²) in [7, 11) is 0. The minimum absolute atomic E-state index is 0.278. The average Bonchev–Trinajstić information content (AvgIpc) is 2.35. The second-order valence-electron chi connectivity index (χ2n) is 3.87. The first kappa shape index (κ1) is 16.9. The van der Waals surface area contributed by atoms with Gasteiger partial charge in [0.05, 0.1) is 13.2 Å². The van der Waals surface area contributed by atoms with Gasteiger partial charge in [-0.05, 0) is 39.9 Å². The van der Waals surface area contributed by atoms with Gasteiger partial charge in [0.2, 0.25) is 0 Å². The van der Waals surface area contributed by atoms with Crippen molar-refractivity contribution in [2.24, 2.45) is 5.92 Å². The number of hydrogen-bond acceptors (Lipinski definition) is 5. The maximum absolute atomic E-state index is 11.7. The van der Waals surface area contributed by atoms with E-state index in [9.17, 15) is 9.59 Å². The summed E-state index contributed by atoms with van der Waals surface area (Å²) in [5.41, 5.74) is 0. The molecule has 0 fully saturated rings. The third-order valence-corrected chi connectivity index (χ3v) is 2.77. The van der Waals surface area contributed by atoms with Crippen LogP contribution < -0.4 is 0 Å². The Hall–Kier alpha value is -1.10. The van der Waals surface area contributed by atoms with Crippen molar-refractivity contribution in [3.63, 3.8) is 0 Å². The molecule has 0 aliphatic heterocycles. The van der Waals surface area contributed by atoms with E-state index in [1.165, 1.54) is 0 Å². The van der Waals surface area contributed by atoms with Crippen LogP contribution in [0, 0.1) is 5.92 Å². The summed E-state index contributed by atoms with van der Waals surface area (Å²) in [6.45, 7) is 10.6. The van der Waals surface area contributed by atoms with Gasteiger partial charge in [-0.15, -0.1) is 0 Å². The highest BCUT2D eigenvalue weighted by Crippen LogP contribution is 2.10. The first-order valence-corrected chi connectivity index (χ1v) is 6.66. The smallest absolute Gasteiger partial charge is 0.320 e. The molecule has 5 nitrogen and oxygen atoms in total. The van der Waals surface area contributed by atoms with Crippen LogP contribution in [0.15, 0.2) is 0 Å². The molecule has 106 valence electrons. The zero-order valence-electron chi connectivity index (χ0n) is 11.9. The van der Waals surface area contributed by atoms with E-state index in [0.717, 1.165) is 13.1 Å². The SMILES string of the molecule is CCOC(=O)C(CCN(CC)CC)C(=O)OCC. The van der Waals surface area contributed by atoms with E-state index in [1.54, 1.807) is 13.8 Å². The molecule has 0 saturated carbocycles. The Balaban J connectivity index is 4.46. The zero-order chi connectivity index (χ0) is 14.0. The molecule has 0 atom stereocenters. The minimum Gasteiger partial charge on any atom is -0.465 e. The lowest BCUT2D eigenvalue weighted by Crippen LogP contribution is -2.33. The number of hydrogen-bond donors (Lipinski definition) is 0. The molecule has 0 N–H and O–H groups in total. The molecule has 0 aromatic carbocycles. The monoisotopic (exact) mass is 259 g/mol. The van der Waals surface area contributed by atoms with Crippen molar-refractivity contribution in [3.05, 3.63) is 0 Å². The molecular weight excluding hydrogens is 234 g/mol. The summed E-state index contributed by atoms with van der Waals surface area (Å²) >= 11 is 0. The van der Waals surface area contributed by atoms with E-state index >= 15 is 0 Å².